The summed E-state index contributed by atoms with van der Waals surface area (Å²) in [4.78, 5) is 0. The summed E-state index contributed by atoms with van der Waals surface area (Å²) in [6.07, 6.45) is 4.65. The van der Waals surface area contributed by atoms with Crippen LogP contribution in [0.1, 0.15) is 38.2 Å². The van der Waals surface area contributed by atoms with Crippen LogP contribution in [-0.2, 0) is 6.54 Å². The number of hydrogen-bond donors (Lipinski definition) is 3. The summed E-state index contributed by atoms with van der Waals surface area (Å²) in [7, 11) is 0. The van der Waals surface area contributed by atoms with Gasteiger partial charge < -0.3 is 20.3 Å². The topological polar surface area (TPSA) is 61.7 Å². The Bertz CT molecular complexity index is 428. The van der Waals surface area contributed by atoms with E-state index in [0.29, 0.717) is 12.4 Å². The van der Waals surface area contributed by atoms with Crippen LogP contribution in [0.4, 0.5) is 0 Å². The molecular weight excluding hydrogens is 254 g/mol. The van der Waals surface area contributed by atoms with Crippen LogP contribution in [0.5, 0.6) is 11.5 Å². The molecule has 4 nitrogen and oxygen atoms in total. The van der Waals surface area contributed by atoms with Gasteiger partial charge in [0, 0.05) is 25.1 Å². The minimum absolute atomic E-state index is 0.0691. The molecule has 0 atom stereocenters. The van der Waals surface area contributed by atoms with Gasteiger partial charge in [-0.15, -0.1) is 0 Å². The summed E-state index contributed by atoms with van der Waals surface area (Å²) >= 11 is 0. The van der Waals surface area contributed by atoms with Crippen molar-refractivity contribution in [1.82, 2.24) is 5.32 Å². The van der Waals surface area contributed by atoms with E-state index >= 15 is 0 Å². The van der Waals surface area contributed by atoms with Crippen molar-refractivity contribution in [2.45, 2.75) is 39.2 Å². The first-order valence-electron chi connectivity index (χ1n) is 7.45. The molecule has 0 aliphatic heterocycles. The molecule has 0 radical (unpaired) electrons. The molecule has 20 heavy (non-hydrogen) atoms. The van der Waals surface area contributed by atoms with Crippen LogP contribution in [0.15, 0.2) is 18.2 Å². The van der Waals surface area contributed by atoms with Gasteiger partial charge in [-0.3, -0.25) is 0 Å². The van der Waals surface area contributed by atoms with Crippen LogP contribution < -0.4 is 10.1 Å². The van der Waals surface area contributed by atoms with Gasteiger partial charge in [-0.2, -0.15) is 0 Å². The van der Waals surface area contributed by atoms with Crippen LogP contribution in [0.25, 0.3) is 0 Å². The number of aliphatic hydroxyl groups excluding tert-OH is 1. The fourth-order valence-corrected chi connectivity index (χ4v) is 2.93. The monoisotopic (exact) mass is 279 g/mol. The Labute approximate surface area is 120 Å². The van der Waals surface area contributed by atoms with Gasteiger partial charge in [0.2, 0.25) is 0 Å². The Balaban J connectivity index is 1.89. The molecule has 112 valence electrons. The largest absolute Gasteiger partial charge is 0.504 e. The predicted octanol–water partition coefficient (Wildman–Crippen LogP) is 2.43. The maximum absolute atomic E-state index is 9.66. The number of benzene rings is 1. The van der Waals surface area contributed by atoms with Gasteiger partial charge in [0.15, 0.2) is 11.5 Å². The molecule has 0 bridgehead atoms. The van der Waals surface area contributed by atoms with Crippen molar-refractivity contribution < 1.29 is 14.9 Å². The van der Waals surface area contributed by atoms with Crippen molar-refractivity contribution in [1.29, 1.82) is 0 Å². The Morgan fingerprint density at radius 1 is 1.30 bits per heavy atom. The van der Waals surface area contributed by atoms with Crippen molar-refractivity contribution in [3.63, 3.8) is 0 Å². The second kappa shape index (κ2) is 6.95. The van der Waals surface area contributed by atoms with Crippen LogP contribution in [0, 0.1) is 5.41 Å². The molecule has 4 heteroatoms. The molecule has 0 saturated heterocycles. The minimum Gasteiger partial charge on any atom is -0.504 e. The fraction of sp³-hybridized carbons (Fsp3) is 0.625. The molecule has 1 aliphatic rings. The van der Waals surface area contributed by atoms with Gasteiger partial charge in [-0.05, 0) is 37.5 Å². The number of nitrogens with one attached hydrogen (secondary N) is 1. The number of rotatable bonds is 7. The smallest absolute Gasteiger partial charge is 0.161 e. The second-order valence-corrected chi connectivity index (χ2v) is 5.70. The lowest BCUT2D eigenvalue weighted by molar-refractivity contribution is 0.128. The van der Waals surface area contributed by atoms with Gasteiger partial charge in [0.1, 0.15) is 0 Å². The molecule has 0 unspecified atom stereocenters. The highest BCUT2D eigenvalue weighted by Crippen LogP contribution is 2.37. The highest BCUT2D eigenvalue weighted by Gasteiger charge is 2.32. The molecule has 1 aliphatic carbocycles. The molecule has 1 saturated carbocycles. The lowest BCUT2D eigenvalue weighted by Gasteiger charge is -2.26. The van der Waals surface area contributed by atoms with Gasteiger partial charge in [0.25, 0.3) is 0 Å². The Hall–Kier alpha value is -1.26. The molecule has 0 aromatic heterocycles. The Kier molecular flexibility index (Phi) is 5.26. The molecule has 0 amide bonds. The summed E-state index contributed by atoms with van der Waals surface area (Å²) in [6.45, 7) is 4.27. The van der Waals surface area contributed by atoms with Crippen molar-refractivity contribution in [2.24, 2.45) is 5.41 Å². The number of aromatic hydroxyl groups is 1. The highest BCUT2D eigenvalue weighted by atomic mass is 16.5. The normalized spacial score (nSPS) is 17.3. The zero-order chi connectivity index (χ0) is 14.4. The molecule has 1 aromatic carbocycles. The molecule has 0 spiro atoms. The van der Waals surface area contributed by atoms with E-state index in [0.717, 1.165) is 31.5 Å². The van der Waals surface area contributed by atoms with E-state index in [9.17, 15) is 10.2 Å². The highest BCUT2D eigenvalue weighted by molar-refractivity contribution is 5.41. The number of aliphatic hydroxyl groups is 1. The zero-order valence-electron chi connectivity index (χ0n) is 12.2. The quantitative estimate of drug-likeness (QED) is 0.717. The first kappa shape index (κ1) is 15.1. The Morgan fingerprint density at radius 2 is 2.05 bits per heavy atom. The molecule has 1 fully saturated rings. The molecule has 3 N–H and O–H groups in total. The minimum atomic E-state index is 0.0691. The van der Waals surface area contributed by atoms with Crippen molar-refractivity contribution >= 4 is 0 Å². The zero-order valence-corrected chi connectivity index (χ0v) is 12.2. The fourth-order valence-electron chi connectivity index (χ4n) is 2.93. The molecule has 1 aromatic rings. The third-order valence-electron chi connectivity index (χ3n) is 4.15. The van der Waals surface area contributed by atoms with Gasteiger partial charge in [0.05, 0.1) is 6.61 Å². The van der Waals surface area contributed by atoms with E-state index in [1.54, 1.807) is 6.07 Å². The summed E-state index contributed by atoms with van der Waals surface area (Å²) in [5.74, 6) is 0.711. The maximum atomic E-state index is 9.66. The average molecular weight is 279 g/mol. The maximum Gasteiger partial charge on any atom is 0.161 e. The number of hydrogen-bond acceptors (Lipinski definition) is 4. The third kappa shape index (κ3) is 3.64. The van der Waals surface area contributed by atoms with Crippen molar-refractivity contribution in [3.05, 3.63) is 23.8 Å². The predicted molar refractivity (Wildman–Crippen MR) is 79.0 cm³/mol. The summed E-state index contributed by atoms with van der Waals surface area (Å²) in [5, 5.41) is 22.7. The van der Waals surface area contributed by atoms with Crippen LogP contribution in [0.3, 0.4) is 0 Å². The standard InChI is InChI=1S/C16H25NO3/c1-2-20-15-9-13(5-6-14(15)19)10-17-11-16(12-18)7-3-4-8-16/h5-6,9,17-19H,2-4,7-8,10-12H2,1H3. The van der Waals surface area contributed by atoms with Crippen LogP contribution in [-0.4, -0.2) is 30.0 Å². The summed E-state index contributed by atoms with van der Waals surface area (Å²) in [6, 6.07) is 5.43. The number of phenols is 1. The second-order valence-electron chi connectivity index (χ2n) is 5.70. The average Bonchev–Trinajstić information content (AvgIpc) is 2.92. The number of phenolic OH excluding ortho intramolecular Hbond substituents is 1. The van der Waals surface area contributed by atoms with E-state index in [1.165, 1.54) is 12.8 Å². The molecule has 0 heterocycles. The van der Waals surface area contributed by atoms with Gasteiger partial charge in [-0.25, -0.2) is 0 Å². The SMILES string of the molecule is CCOc1cc(CNCC2(CO)CCCC2)ccc1O. The van der Waals surface area contributed by atoms with Crippen molar-refractivity contribution in [3.8, 4) is 11.5 Å². The lowest BCUT2D eigenvalue weighted by atomic mass is 9.87. The van der Waals surface area contributed by atoms with E-state index in [4.69, 9.17) is 4.74 Å². The first-order valence-corrected chi connectivity index (χ1v) is 7.45. The molecular formula is C16H25NO3. The third-order valence-corrected chi connectivity index (χ3v) is 4.15. The summed E-state index contributed by atoms with van der Waals surface area (Å²) in [5.41, 5.74) is 1.15. The van der Waals surface area contributed by atoms with Crippen LogP contribution >= 0.6 is 0 Å². The Morgan fingerprint density at radius 3 is 2.70 bits per heavy atom. The van der Waals surface area contributed by atoms with E-state index in [-0.39, 0.29) is 17.8 Å². The van der Waals surface area contributed by atoms with E-state index in [1.807, 2.05) is 19.1 Å². The van der Waals surface area contributed by atoms with E-state index in [2.05, 4.69) is 5.32 Å². The molecule has 2 rings (SSSR count). The van der Waals surface area contributed by atoms with E-state index < -0.39 is 0 Å². The van der Waals surface area contributed by atoms with Crippen molar-refractivity contribution in [2.75, 3.05) is 19.8 Å². The van der Waals surface area contributed by atoms with Gasteiger partial charge in [-0.1, -0.05) is 18.9 Å². The lowest BCUT2D eigenvalue weighted by Crippen LogP contribution is -2.34. The first-order chi connectivity index (χ1) is 9.69. The summed E-state index contributed by atoms with van der Waals surface area (Å²) < 4.78 is 5.38. The van der Waals surface area contributed by atoms with Gasteiger partial charge >= 0.3 is 0 Å². The number of ether oxygens (including phenoxy) is 1. The van der Waals surface area contributed by atoms with Crippen LogP contribution in [0.2, 0.25) is 0 Å².